The van der Waals surface area contributed by atoms with E-state index in [0.29, 0.717) is 0 Å². The molecule has 0 aliphatic heterocycles. The molecule has 1 aromatic rings. The van der Waals surface area contributed by atoms with Gasteiger partial charge in [-0.05, 0) is 17.9 Å². The number of methoxy groups -OCH3 is 1. The quantitative estimate of drug-likeness (QED) is 0.668. The fourth-order valence-electron chi connectivity index (χ4n) is 1.31. The molecular formula is C9H10O2S. The first-order valence-corrected chi connectivity index (χ1v) is 4.81. The molecule has 0 radical (unpaired) electrons. The number of Topliss-reactive ketones (excluding diaryl/α,β-unsaturated/α-hetero) is 1. The van der Waals surface area contributed by atoms with Gasteiger partial charge in [-0.25, -0.2) is 0 Å². The van der Waals surface area contributed by atoms with Crippen LogP contribution in [0.25, 0.3) is 0 Å². The molecule has 0 bridgehead atoms. The number of hydrogen-bond acceptors (Lipinski definition) is 3. The van der Waals surface area contributed by atoms with Crippen molar-refractivity contribution in [1.82, 2.24) is 0 Å². The second-order valence-corrected chi connectivity index (χ2v) is 3.91. The molecule has 1 aliphatic carbocycles. The summed E-state index contributed by atoms with van der Waals surface area (Å²) >= 11 is 1.51. The molecule has 1 aromatic heterocycles. The van der Waals surface area contributed by atoms with E-state index in [0.717, 1.165) is 11.3 Å². The average molecular weight is 182 g/mol. The minimum Gasteiger partial charge on any atom is -0.381 e. The number of ketones is 1. The van der Waals surface area contributed by atoms with E-state index in [-0.39, 0.29) is 17.8 Å². The number of hydrogen-bond donors (Lipinski definition) is 0. The van der Waals surface area contributed by atoms with Crippen LogP contribution >= 0.6 is 11.3 Å². The Kier molecular flexibility index (Phi) is 1.98. The Morgan fingerprint density at radius 3 is 3.08 bits per heavy atom. The Balaban J connectivity index is 2.04. The summed E-state index contributed by atoms with van der Waals surface area (Å²) in [5, 5.41) is 1.93. The summed E-state index contributed by atoms with van der Waals surface area (Å²) in [4.78, 5) is 12.4. The van der Waals surface area contributed by atoms with Gasteiger partial charge in [0.1, 0.15) is 0 Å². The van der Waals surface area contributed by atoms with Crippen molar-refractivity contribution in [3.8, 4) is 0 Å². The maximum atomic E-state index is 11.6. The highest BCUT2D eigenvalue weighted by Crippen LogP contribution is 2.36. The van der Waals surface area contributed by atoms with Crippen LogP contribution in [-0.2, 0) is 4.74 Å². The first-order valence-electron chi connectivity index (χ1n) is 3.93. The van der Waals surface area contributed by atoms with Crippen LogP contribution in [0.15, 0.2) is 17.5 Å². The summed E-state index contributed by atoms with van der Waals surface area (Å²) in [5.74, 6) is 0.380. The molecule has 0 amide bonds. The first kappa shape index (κ1) is 7.95. The summed E-state index contributed by atoms with van der Waals surface area (Å²) in [6.07, 6.45) is 1.08. The summed E-state index contributed by atoms with van der Waals surface area (Å²) < 4.78 is 5.08. The van der Waals surface area contributed by atoms with Gasteiger partial charge in [0.2, 0.25) is 0 Å². The molecule has 2 nitrogen and oxygen atoms in total. The summed E-state index contributed by atoms with van der Waals surface area (Å²) in [6.45, 7) is 0. The number of rotatable bonds is 3. The van der Waals surface area contributed by atoms with Gasteiger partial charge in [0, 0.05) is 7.11 Å². The maximum absolute atomic E-state index is 11.6. The Morgan fingerprint density at radius 1 is 1.75 bits per heavy atom. The van der Waals surface area contributed by atoms with Crippen molar-refractivity contribution in [1.29, 1.82) is 0 Å². The molecular weight excluding hydrogens is 172 g/mol. The molecule has 2 atom stereocenters. The smallest absolute Gasteiger partial charge is 0.178 e. The number of thiophene rings is 1. The van der Waals surface area contributed by atoms with Crippen LogP contribution in [-0.4, -0.2) is 19.0 Å². The molecule has 1 fully saturated rings. The minimum absolute atomic E-state index is 0.133. The van der Waals surface area contributed by atoms with Crippen molar-refractivity contribution >= 4 is 17.1 Å². The molecule has 3 heteroatoms. The van der Waals surface area contributed by atoms with Crippen molar-refractivity contribution in [2.75, 3.05) is 7.11 Å². The second kappa shape index (κ2) is 2.99. The monoisotopic (exact) mass is 182 g/mol. The van der Waals surface area contributed by atoms with Crippen LogP contribution in [0.1, 0.15) is 16.1 Å². The number of carbonyl (C=O) groups excluding carboxylic acids is 1. The Morgan fingerprint density at radius 2 is 2.58 bits per heavy atom. The van der Waals surface area contributed by atoms with Crippen molar-refractivity contribution in [2.45, 2.75) is 12.5 Å². The third kappa shape index (κ3) is 1.30. The van der Waals surface area contributed by atoms with Crippen LogP contribution < -0.4 is 0 Å². The molecule has 2 unspecified atom stereocenters. The molecule has 2 rings (SSSR count). The van der Waals surface area contributed by atoms with Gasteiger partial charge in [0.15, 0.2) is 5.78 Å². The van der Waals surface area contributed by atoms with E-state index in [1.807, 2.05) is 17.5 Å². The van der Waals surface area contributed by atoms with E-state index >= 15 is 0 Å². The van der Waals surface area contributed by atoms with Gasteiger partial charge in [0.05, 0.1) is 16.9 Å². The molecule has 0 spiro atoms. The molecule has 1 saturated carbocycles. The second-order valence-electron chi connectivity index (χ2n) is 2.96. The van der Waals surface area contributed by atoms with Crippen molar-refractivity contribution < 1.29 is 9.53 Å². The predicted molar refractivity (Wildman–Crippen MR) is 47.6 cm³/mol. The molecule has 0 saturated heterocycles. The normalized spacial score (nSPS) is 27.1. The maximum Gasteiger partial charge on any atom is 0.178 e. The summed E-state index contributed by atoms with van der Waals surface area (Å²) in [5.41, 5.74) is 0. The van der Waals surface area contributed by atoms with Crippen LogP contribution in [0.2, 0.25) is 0 Å². The standard InChI is InChI=1S/C9H10O2S/c1-11-7-5-6(7)9(10)8-3-2-4-12-8/h2-4,6-7H,5H2,1H3. The molecule has 12 heavy (non-hydrogen) atoms. The lowest BCUT2D eigenvalue weighted by molar-refractivity contribution is 0.0922. The Hall–Kier alpha value is -0.670. The van der Waals surface area contributed by atoms with Crippen LogP contribution in [0.4, 0.5) is 0 Å². The van der Waals surface area contributed by atoms with Gasteiger partial charge < -0.3 is 4.74 Å². The van der Waals surface area contributed by atoms with E-state index in [1.165, 1.54) is 11.3 Å². The first-order chi connectivity index (χ1) is 5.83. The number of ether oxygens (including phenoxy) is 1. The number of carbonyl (C=O) groups is 1. The Labute approximate surface area is 75.2 Å². The minimum atomic E-state index is 0.133. The van der Waals surface area contributed by atoms with Crippen molar-refractivity contribution in [3.63, 3.8) is 0 Å². The highest BCUT2D eigenvalue weighted by atomic mass is 32.1. The molecule has 0 aromatic carbocycles. The lowest BCUT2D eigenvalue weighted by atomic mass is 10.2. The SMILES string of the molecule is COC1CC1C(=O)c1cccs1. The van der Waals surface area contributed by atoms with Crippen molar-refractivity contribution in [2.24, 2.45) is 5.92 Å². The predicted octanol–water partition coefficient (Wildman–Crippen LogP) is 1.97. The van der Waals surface area contributed by atoms with E-state index < -0.39 is 0 Å². The largest absolute Gasteiger partial charge is 0.381 e. The van der Waals surface area contributed by atoms with Gasteiger partial charge in [0.25, 0.3) is 0 Å². The molecule has 64 valence electrons. The summed E-state index contributed by atoms with van der Waals surface area (Å²) in [7, 11) is 1.66. The van der Waals surface area contributed by atoms with E-state index in [4.69, 9.17) is 4.74 Å². The van der Waals surface area contributed by atoms with Crippen molar-refractivity contribution in [3.05, 3.63) is 22.4 Å². The fourth-order valence-corrected chi connectivity index (χ4v) is 2.04. The topological polar surface area (TPSA) is 26.3 Å². The third-order valence-corrected chi connectivity index (χ3v) is 3.02. The van der Waals surface area contributed by atoms with Gasteiger partial charge in [-0.2, -0.15) is 0 Å². The fraction of sp³-hybridized carbons (Fsp3) is 0.444. The van der Waals surface area contributed by atoms with Gasteiger partial charge in [-0.3, -0.25) is 4.79 Å². The van der Waals surface area contributed by atoms with Gasteiger partial charge >= 0.3 is 0 Å². The van der Waals surface area contributed by atoms with Gasteiger partial charge in [-0.1, -0.05) is 6.07 Å². The van der Waals surface area contributed by atoms with Crippen LogP contribution in [0.3, 0.4) is 0 Å². The van der Waals surface area contributed by atoms with Crippen LogP contribution in [0, 0.1) is 5.92 Å². The van der Waals surface area contributed by atoms with E-state index in [2.05, 4.69) is 0 Å². The zero-order valence-corrected chi connectivity index (χ0v) is 7.64. The summed E-state index contributed by atoms with van der Waals surface area (Å²) in [6, 6.07) is 3.78. The lowest BCUT2D eigenvalue weighted by Gasteiger charge is -1.94. The lowest BCUT2D eigenvalue weighted by Crippen LogP contribution is -2.03. The average Bonchev–Trinajstić information content (AvgIpc) is 2.68. The molecule has 1 aliphatic rings. The van der Waals surface area contributed by atoms with E-state index in [9.17, 15) is 4.79 Å². The molecule has 1 heterocycles. The molecule has 0 N–H and O–H groups in total. The third-order valence-electron chi connectivity index (χ3n) is 2.14. The van der Waals surface area contributed by atoms with Crippen LogP contribution in [0.5, 0.6) is 0 Å². The highest BCUT2D eigenvalue weighted by molar-refractivity contribution is 7.12. The highest BCUT2D eigenvalue weighted by Gasteiger charge is 2.43. The zero-order valence-electron chi connectivity index (χ0n) is 6.82. The zero-order chi connectivity index (χ0) is 8.55. The van der Waals surface area contributed by atoms with E-state index in [1.54, 1.807) is 7.11 Å². The Bertz CT molecular complexity index is 279. The van der Waals surface area contributed by atoms with Gasteiger partial charge in [-0.15, -0.1) is 11.3 Å².